The van der Waals surface area contributed by atoms with Gasteiger partial charge in [0.15, 0.2) is 0 Å². The van der Waals surface area contributed by atoms with Crippen LogP contribution < -0.4 is 10.1 Å². The fourth-order valence-electron chi connectivity index (χ4n) is 1.45. The van der Waals surface area contributed by atoms with Gasteiger partial charge in [0, 0.05) is 6.54 Å². The third kappa shape index (κ3) is 4.56. The van der Waals surface area contributed by atoms with Crippen molar-refractivity contribution in [3.05, 3.63) is 24.3 Å². The van der Waals surface area contributed by atoms with Gasteiger partial charge in [0.2, 0.25) is 0 Å². The van der Waals surface area contributed by atoms with Crippen molar-refractivity contribution in [1.29, 1.82) is 0 Å². The van der Waals surface area contributed by atoms with Crippen LogP contribution in [-0.2, 0) is 0 Å². The molecule has 0 aliphatic heterocycles. The second-order valence-corrected chi connectivity index (χ2v) is 4.45. The molecule has 0 fully saturated rings. The van der Waals surface area contributed by atoms with E-state index in [0.717, 1.165) is 36.9 Å². The van der Waals surface area contributed by atoms with E-state index in [4.69, 9.17) is 4.74 Å². The predicted molar refractivity (Wildman–Crippen MR) is 70.2 cm³/mol. The fourth-order valence-corrected chi connectivity index (χ4v) is 1.45. The Morgan fingerprint density at radius 2 is 2.00 bits per heavy atom. The van der Waals surface area contributed by atoms with Crippen molar-refractivity contribution in [3.8, 4) is 5.75 Å². The molecular weight excluding hydrogens is 198 g/mol. The molecule has 16 heavy (non-hydrogen) atoms. The van der Waals surface area contributed by atoms with Crippen LogP contribution in [0.2, 0.25) is 0 Å². The molecule has 0 bridgehead atoms. The molecule has 2 heteroatoms. The highest BCUT2D eigenvalue weighted by Crippen LogP contribution is 2.23. The first-order valence-corrected chi connectivity index (χ1v) is 6.19. The lowest BCUT2D eigenvalue weighted by molar-refractivity contribution is 0.319. The van der Waals surface area contributed by atoms with E-state index in [0.29, 0.717) is 0 Å². The molecule has 90 valence electrons. The summed E-state index contributed by atoms with van der Waals surface area (Å²) in [6, 6.07) is 8.15. The van der Waals surface area contributed by atoms with Crippen molar-refractivity contribution in [2.24, 2.45) is 5.92 Å². The van der Waals surface area contributed by atoms with Gasteiger partial charge in [-0.3, -0.25) is 0 Å². The Morgan fingerprint density at radius 1 is 1.25 bits per heavy atom. The Bertz CT molecular complexity index is 297. The molecular formula is C14H23NO. The molecule has 1 aromatic carbocycles. The number of benzene rings is 1. The van der Waals surface area contributed by atoms with Gasteiger partial charge in [-0.15, -0.1) is 0 Å². The molecule has 0 saturated heterocycles. The summed E-state index contributed by atoms with van der Waals surface area (Å²) in [5, 5.41) is 3.43. The molecule has 0 radical (unpaired) electrons. The Labute approximate surface area is 99.0 Å². The fraction of sp³-hybridized carbons (Fsp3) is 0.571. The summed E-state index contributed by atoms with van der Waals surface area (Å²) >= 11 is 0. The van der Waals surface area contributed by atoms with Crippen LogP contribution in [0.25, 0.3) is 0 Å². The summed E-state index contributed by atoms with van der Waals surface area (Å²) in [5.74, 6) is 1.70. The van der Waals surface area contributed by atoms with Crippen molar-refractivity contribution in [3.63, 3.8) is 0 Å². The predicted octanol–water partition coefficient (Wildman–Crippen LogP) is 3.93. The van der Waals surface area contributed by atoms with E-state index in [-0.39, 0.29) is 0 Å². The molecule has 2 nitrogen and oxygen atoms in total. The molecule has 0 amide bonds. The number of ether oxygens (including phenoxy) is 1. The van der Waals surface area contributed by atoms with Crippen molar-refractivity contribution < 1.29 is 4.74 Å². The zero-order valence-corrected chi connectivity index (χ0v) is 10.6. The summed E-state index contributed by atoms with van der Waals surface area (Å²) in [4.78, 5) is 0. The number of para-hydroxylation sites is 2. The molecule has 1 N–H and O–H groups in total. The van der Waals surface area contributed by atoms with Gasteiger partial charge in [-0.25, -0.2) is 0 Å². The van der Waals surface area contributed by atoms with Gasteiger partial charge in [0.25, 0.3) is 0 Å². The lowest BCUT2D eigenvalue weighted by Gasteiger charge is -2.13. The van der Waals surface area contributed by atoms with Gasteiger partial charge in [0.05, 0.1) is 12.3 Å². The van der Waals surface area contributed by atoms with Crippen molar-refractivity contribution in [2.45, 2.75) is 33.6 Å². The van der Waals surface area contributed by atoms with Crippen LogP contribution in [0.5, 0.6) is 5.75 Å². The molecule has 0 atom stereocenters. The first-order valence-electron chi connectivity index (χ1n) is 6.19. The van der Waals surface area contributed by atoms with Crippen molar-refractivity contribution >= 4 is 5.69 Å². The van der Waals surface area contributed by atoms with Crippen LogP contribution in [-0.4, -0.2) is 13.2 Å². The summed E-state index contributed by atoms with van der Waals surface area (Å²) in [5.41, 5.74) is 1.11. The Hall–Kier alpha value is -1.18. The lowest BCUT2D eigenvalue weighted by Crippen LogP contribution is -2.06. The van der Waals surface area contributed by atoms with Crippen molar-refractivity contribution in [1.82, 2.24) is 0 Å². The zero-order valence-electron chi connectivity index (χ0n) is 10.6. The van der Waals surface area contributed by atoms with Gasteiger partial charge in [0.1, 0.15) is 5.75 Å². The number of hydrogen-bond acceptors (Lipinski definition) is 2. The zero-order chi connectivity index (χ0) is 11.8. The molecule has 0 spiro atoms. The van der Waals surface area contributed by atoms with Crippen molar-refractivity contribution in [2.75, 3.05) is 18.5 Å². The van der Waals surface area contributed by atoms with Crippen LogP contribution in [0.15, 0.2) is 24.3 Å². The summed E-state index contributed by atoms with van der Waals surface area (Å²) in [6.07, 6.45) is 2.22. The van der Waals surface area contributed by atoms with E-state index in [2.05, 4.69) is 32.2 Å². The summed E-state index contributed by atoms with van der Waals surface area (Å²) in [6.45, 7) is 8.38. The summed E-state index contributed by atoms with van der Waals surface area (Å²) in [7, 11) is 0. The van der Waals surface area contributed by atoms with E-state index in [1.807, 2.05) is 18.2 Å². The third-order valence-electron chi connectivity index (χ3n) is 2.39. The van der Waals surface area contributed by atoms with Gasteiger partial charge in [-0.2, -0.15) is 0 Å². The van der Waals surface area contributed by atoms with Crippen LogP contribution in [0.4, 0.5) is 5.69 Å². The monoisotopic (exact) mass is 221 g/mol. The standard InChI is InChI=1S/C14H23NO/c1-4-11-16-14-8-6-5-7-13(14)15-10-9-12(2)3/h5-8,12,15H,4,9-11H2,1-3H3. The highest BCUT2D eigenvalue weighted by Gasteiger charge is 2.01. The van der Waals surface area contributed by atoms with Crippen LogP contribution in [0.1, 0.15) is 33.6 Å². The highest BCUT2D eigenvalue weighted by atomic mass is 16.5. The van der Waals surface area contributed by atoms with E-state index in [1.165, 1.54) is 6.42 Å². The quantitative estimate of drug-likeness (QED) is 0.753. The SMILES string of the molecule is CCCOc1ccccc1NCCC(C)C. The maximum absolute atomic E-state index is 5.68. The number of hydrogen-bond donors (Lipinski definition) is 1. The van der Waals surface area contributed by atoms with E-state index in [1.54, 1.807) is 0 Å². The number of anilines is 1. The van der Waals surface area contributed by atoms with Gasteiger partial charge in [-0.1, -0.05) is 32.9 Å². The molecule has 1 rings (SSSR count). The van der Waals surface area contributed by atoms with Crippen LogP contribution in [0.3, 0.4) is 0 Å². The van der Waals surface area contributed by atoms with Gasteiger partial charge < -0.3 is 10.1 Å². The van der Waals surface area contributed by atoms with Crippen LogP contribution in [0, 0.1) is 5.92 Å². The molecule has 0 aromatic heterocycles. The van der Waals surface area contributed by atoms with Gasteiger partial charge in [-0.05, 0) is 30.9 Å². The minimum absolute atomic E-state index is 0.733. The smallest absolute Gasteiger partial charge is 0.142 e. The molecule has 1 aromatic rings. The maximum atomic E-state index is 5.68. The normalized spacial score (nSPS) is 10.5. The first-order chi connectivity index (χ1) is 7.74. The summed E-state index contributed by atoms with van der Waals surface area (Å²) < 4.78 is 5.68. The molecule has 0 heterocycles. The number of rotatable bonds is 7. The first kappa shape index (κ1) is 12.9. The average Bonchev–Trinajstić information content (AvgIpc) is 2.27. The topological polar surface area (TPSA) is 21.3 Å². The second-order valence-electron chi connectivity index (χ2n) is 4.45. The second kappa shape index (κ2) is 7.15. The lowest BCUT2D eigenvalue weighted by atomic mass is 10.1. The Kier molecular flexibility index (Phi) is 5.76. The molecule has 0 aliphatic carbocycles. The van der Waals surface area contributed by atoms with Gasteiger partial charge >= 0.3 is 0 Å². The maximum Gasteiger partial charge on any atom is 0.142 e. The molecule has 0 aliphatic rings. The van der Waals surface area contributed by atoms with E-state index in [9.17, 15) is 0 Å². The Balaban J connectivity index is 2.49. The van der Waals surface area contributed by atoms with E-state index >= 15 is 0 Å². The molecule has 0 saturated carbocycles. The average molecular weight is 221 g/mol. The third-order valence-corrected chi connectivity index (χ3v) is 2.39. The van der Waals surface area contributed by atoms with E-state index < -0.39 is 0 Å². The largest absolute Gasteiger partial charge is 0.491 e. The highest BCUT2D eigenvalue weighted by molar-refractivity contribution is 5.56. The minimum atomic E-state index is 0.733. The van der Waals surface area contributed by atoms with Crippen LogP contribution >= 0.6 is 0 Å². The number of nitrogens with one attached hydrogen (secondary N) is 1. The molecule has 0 unspecified atom stereocenters. The Morgan fingerprint density at radius 3 is 2.69 bits per heavy atom. The minimum Gasteiger partial charge on any atom is -0.491 e.